The molecule has 0 aromatic heterocycles. The van der Waals surface area contributed by atoms with Gasteiger partial charge in [-0.1, -0.05) is 13.8 Å². The lowest BCUT2D eigenvalue weighted by Crippen LogP contribution is -2.46. The van der Waals surface area contributed by atoms with Crippen molar-refractivity contribution in [2.24, 2.45) is 11.7 Å². The van der Waals surface area contributed by atoms with Gasteiger partial charge in [-0.3, -0.25) is 9.69 Å². The molecule has 0 aromatic rings. The summed E-state index contributed by atoms with van der Waals surface area (Å²) in [6, 6.07) is -0.338. The molecule has 0 bridgehead atoms. The molecule has 2 fully saturated rings. The molecular weight excluding hydrogens is 266 g/mol. The second-order valence-electron chi connectivity index (χ2n) is 6.85. The van der Waals surface area contributed by atoms with Crippen LogP contribution in [0.2, 0.25) is 0 Å². The maximum Gasteiger partial charge on any atom is 0.239 e. The van der Waals surface area contributed by atoms with Crippen molar-refractivity contribution < 1.29 is 9.53 Å². The van der Waals surface area contributed by atoms with E-state index in [0.717, 1.165) is 52.2 Å². The fourth-order valence-corrected chi connectivity index (χ4v) is 3.29. The predicted molar refractivity (Wildman–Crippen MR) is 84.0 cm³/mol. The van der Waals surface area contributed by atoms with Crippen molar-refractivity contribution in [3.8, 4) is 0 Å². The summed E-state index contributed by atoms with van der Waals surface area (Å²) in [5.41, 5.74) is 6.04. The molecule has 5 nitrogen and oxygen atoms in total. The third kappa shape index (κ3) is 5.24. The molecule has 2 saturated heterocycles. The molecule has 2 N–H and O–H groups in total. The molecule has 2 atom stereocenters. The number of nitrogens with two attached hydrogens (primary N) is 1. The summed E-state index contributed by atoms with van der Waals surface area (Å²) in [5, 5.41) is 0. The van der Waals surface area contributed by atoms with E-state index in [1.165, 1.54) is 12.8 Å². The number of carbonyl (C=O) groups excluding carboxylic acids is 1. The molecule has 0 aromatic carbocycles. The Morgan fingerprint density at radius 1 is 1.24 bits per heavy atom. The Hall–Kier alpha value is -0.650. The lowest BCUT2D eigenvalue weighted by Gasteiger charge is -2.26. The van der Waals surface area contributed by atoms with Gasteiger partial charge in [0.1, 0.15) is 0 Å². The van der Waals surface area contributed by atoms with Crippen LogP contribution in [0.5, 0.6) is 0 Å². The van der Waals surface area contributed by atoms with Crippen molar-refractivity contribution in [2.45, 2.75) is 51.7 Å². The van der Waals surface area contributed by atoms with Crippen LogP contribution in [0.4, 0.5) is 0 Å². The Morgan fingerprint density at radius 3 is 2.71 bits per heavy atom. The highest BCUT2D eigenvalue weighted by Crippen LogP contribution is 2.15. The molecule has 5 heteroatoms. The van der Waals surface area contributed by atoms with Gasteiger partial charge in [-0.15, -0.1) is 0 Å². The number of amides is 1. The summed E-state index contributed by atoms with van der Waals surface area (Å²) in [7, 11) is 0. The number of ether oxygens (including phenoxy) is 1. The molecule has 2 rings (SSSR count). The molecule has 0 saturated carbocycles. The van der Waals surface area contributed by atoms with Crippen LogP contribution in [-0.2, 0) is 9.53 Å². The number of hydrogen-bond acceptors (Lipinski definition) is 4. The lowest BCUT2D eigenvalue weighted by molar-refractivity contribution is -0.132. The minimum absolute atomic E-state index is 0.127. The van der Waals surface area contributed by atoms with Crippen molar-refractivity contribution in [3.63, 3.8) is 0 Å². The first kappa shape index (κ1) is 16.7. The zero-order valence-electron chi connectivity index (χ0n) is 13.6. The van der Waals surface area contributed by atoms with Crippen LogP contribution in [0.15, 0.2) is 0 Å². The second-order valence-corrected chi connectivity index (χ2v) is 6.85. The fraction of sp³-hybridized carbons (Fsp3) is 0.938. The quantitative estimate of drug-likeness (QED) is 0.825. The minimum Gasteiger partial charge on any atom is -0.377 e. The highest BCUT2D eigenvalue weighted by molar-refractivity contribution is 5.81. The van der Waals surface area contributed by atoms with Crippen LogP contribution in [0, 0.1) is 5.92 Å². The molecule has 2 aliphatic heterocycles. The van der Waals surface area contributed by atoms with Crippen molar-refractivity contribution in [1.82, 2.24) is 9.80 Å². The van der Waals surface area contributed by atoms with Gasteiger partial charge in [-0.05, 0) is 38.1 Å². The van der Waals surface area contributed by atoms with Gasteiger partial charge in [-0.25, -0.2) is 0 Å². The number of carbonyl (C=O) groups is 1. The van der Waals surface area contributed by atoms with Gasteiger partial charge in [0.05, 0.1) is 12.1 Å². The molecule has 1 amide bonds. The van der Waals surface area contributed by atoms with Crippen molar-refractivity contribution in [3.05, 3.63) is 0 Å². The van der Waals surface area contributed by atoms with E-state index in [2.05, 4.69) is 18.7 Å². The number of hydrogen-bond donors (Lipinski definition) is 1. The van der Waals surface area contributed by atoms with Crippen LogP contribution < -0.4 is 5.73 Å². The highest BCUT2D eigenvalue weighted by Gasteiger charge is 2.26. The molecule has 122 valence electrons. The molecule has 2 heterocycles. The largest absolute Gasteiger partial charge is 0.377 e. The summed E-state index contributed by atoms with van der Waals surface area (Å²) in [4.78, 5) is 16.8. The smallest absolute Gasteiger partial charge is 0.239 e. The first-order valence-electron chi connectivity index (χ1n) is 8.44. The third-order valence-corrected chi connectivity index (χ3v) is 4.43. The highest BCUT2D eigenvalue weighted by atomic mass is 16.5. The van der Waals surface area contributed by atoms with Gasteiger partial charge in [0.15, 0.2) is 0 Å². The van der Waals surface area contributed by atoms with E-state index in [1.54, 1.807) is 0 Å². The van der Waals surface area contributed by atoms with Crippen LogP contribution in [-0.4, -0.2) is 67.2 Å². The maximum absolute atomic E-state index is 12.4. The molecule has 2 aliphatic rings. The molecule has 0 aliphatic carbocycles. The van der Waals surface area contributed by atoms with Gasteiger partial charge in [0.2, 0.25) is 5.91 Å². The number of rotatable bonds is 5. The summed E-state index contributed by atoms with van der Waals surface area (Å²) >= 11 is 0. The van der Waals surface area contributed by atoms with Gasteiger partial charge < -0.3 is 15.4 Å². The van der Waals surface area contributed by atoms with Gasteiger partial charge in [0.25, 0.3) is 0 Å². The maximum atomic E-state index is 12.4. The molecular formula is C16H31N3O2. The molecule has 0 spiro atoms. The van der Waals surface area contributed by atoms with E-state index in [9.17, 15) is 4.79 Å². The van der Waals surface area contributed by atoms with Crippen molar-refractivity contribution in [1.29, 1.82) is 0 Å². The SMILES string of the molecule is CC(C)CC(N)C(=O)N1CCCN(CC2CCCO2)CC1. The van der Waals surface area contributed by atoms with Gasteiger partial charge in [-0.2, -0.15) is 0 Å². The Labute approximate surface area is 128 Å². The Bertz CT molecular complexity index is 329. The zero-order chi connectivity index (χ0) is 15.2. The molecule has 21 heavy (non-hydrogen) atoms. The lowest BCUT2D eigenvalue weighted by atomic mass is 10.0. The standard InChI is InChI=1S/C16H31N3O2/c1-13(2)11-15(17)16(20)19-7-4-6-18(8-9-19)12-14-5-3-10-21-14/h13-15H,3-12,17H2,1-2H3. The first-order chi connectivity index (χ1) is 10.1. The van der Waals surface area contributed by atoms with E-state index in [4.69, 9.17) is 10.5 Å². The molecule has 2 unspecified atom stereocenters. The summed E-state index contributed by atoms with van der Waals surface area (Å²) < 4.78 is 5.71. The predicted octanol–water partition coefficient (Wildman–Crippen LogP) is 1.07. The number of nitrogens with zero attached hydrogens (tertiary/aromatic N) is 2. The Kier molecular flexibility index (Phi) is 6.45. The molecule has 0 radical (unpaired) electrons. The van der Waals surface area contributed by atoms with Crippen LogP contribution in [0.25, 0.3) is 0 Å². The van der Waals surface area contributed by atoms with E-state index < -0.39 is 0 Å². The zero-order valence-corrected chi connectivity index (χ0v) is 13.6. The van der Waals surface area contributed by atoms with E-state index in [0.29, 0.717) is 12.0 Å². The minimum atomic E-state index is -0.338. The topological polar surface area (TPSA) is 58.8 Å². The average molecular weight is 297 g/mol. The van der Waals surface area contributed by atoms with Crippen LogP contribution in [0.3, 0.4) is 0 Å². The van der Waals surface area contributed by atoms with Crippen molar-refractivity contribution >= 4 is 5.91 Å². The van der Waals surface area contributed by atoms with Gasteiger partial charge in [0, 0.05) is 32.8 Å². The average Bonchev–Trinajstić information content (AvgIpc) is 2.82. The van der Waals surface area contributed by atoms with Crippen molar-refractivity contribution in [2.75, 3.05) is 39.3 Å². The monoisotopic (exact) mass is 297 g/mol. The summed E-state index contributed by atoms with van der Waals surface area (Å²) in [6.45, 7) is 9.79. The van der Waals surface area contributed by atoms with Gasteiger partial charge >= 0.3 is 0 Å². The Morgan fingerprint density at radius 2 is 2.05 bits per heavy atom. The Balaban J connectivity index is 1.78. The van der Waals surface area contributed by atoms with E-state index in [1.807, 2.05) is 4.90 Å². The normalized spacial score (nSPS) is 26.1. The van der Waals surface area contributed by atoms with E-state index in [-0.39, 0.29) is 11.9 Å². The van der Waals surface area contributed by atoms with Crippen LogP contribution in [0.1, 0.15) is 39.5 Å². The fourth-order valence-electron chi connectivity index (χ4n) is 3.29. The first-order valence-corrected chi connectivity index (χ1v) is 8.44. The van der Waals surface area contributed by atoms with Crippen LogP contribution >= 0.6 is 0 Å². The second kappa shape index (κ2) is 8.11. The van der Waals surface area contributed by atoms with E-state index >= 15 is 0 Å². The summed E-state index contributed by atoms with van der Waals surface area (Å²) in [5.74, 6) is 0.592. The summed E-state index contributed by atoms with van der Waals surface area (Å²) in [6.07, 6.45) is 4.57. The third-order valence-electron chi connectivity index (χ3n) is 4.43.